The molecule has 0 N–H and O–H groups in total. The highest BCUT2D eigenvalue weighted by Crippen LogP contribution is 2.30. The molecule has 0 spiro atoms. The summed E-state index contributed by atoms with van der Waals surface area (Å²) in [4.78, 5) is 12.8. The Hall–Kier alpha value is -2.03. The topological polar surface area (TPSA) is 29.5 Å². The van der Waals surface area contributed by atoms with Crippen LogP contribution in [0.25, 0.3) is 5.57 Å². The predicted octanol–water partition coefficient (Wildman–Crippen LogP) is 3.02. The molecule has 1 amide bonds. The van der Waals surface area contributed by atoms with Crippen LogP contribution in [-0.2, 0) is 11.2 Å². The fourth-order valence-corrected chi connectivity index (χ4v) is 2.13. The molecule has 0 atom stereocenters. The zero-order valence-corrected chi connectivity index (χ0v) is 11.6. The van der Waals surface area contributed by atoms with Gasteiger partial charge in [-0.1, -0.05) is 12.1 Å². The monoisotopic (exact) mass is 257 g/mol. The number of allylic oxidation sites excluding steroid dienone is 3. The average molecular weight is 257 g/mol. The van der Waals surface area contributed by atoms with E-state index in [1.165, 1.54) is 11.1 Å². The summed E-state index contributed by atoms with van der Waals surface area (Å²) in [7, 11) is 3.44. The number of benzene rings is 1. The van der Waals surface area contributed by atoms with Crippen molar-refractivity contribution in [2.75, 3.05) is 14.2 Å². The van der Waals surface area contributed by atoms with Gasteiger partial charge in [0.15, 0.2) is 0 Å². The first-order valence-electron chi connectivity index (χ1n) is 6.41. The fraction of sp³-hybridized carbons (Fsp3) is 0.312. The van der Waals surface area contributed by atoms with Crippen molar-refractivity contribution < 1.29 is 9.53 Å². The number of fused-ring (bicyclic) bond motifs is 1. The molecule has 100 valence electrons. The first-order chi connectivity index (χ1) is 9.11. The van der Waals surface area contributed by atoms with Gasteiger partial charge >= 0.3 is 0 Å². The molecular formula is C16H19NO2. The second kappa shape index (κ2) is 5.74. The summed E-state index contributed by atoms with van der Waals surface area (Å²) in [6, 6.07) is 6.14. The smallest absolute Gasteiger partial charge is 0.223 e. The number of carbonyl (C=O) groups is 1. The van der Waals surface area contributed by atoms with Crippen LogP contribution in [-0.4, -0.2) is 25.0 Å². The van der Waals surface area contributed by atoms with Crippen LogP contribution in [0.4, 0.5) is 0 Å². The predicted molar refractivity (Wildman–Crippen MR) is 76.9 cm³/mol. The lowest BCUT2D eigenvalue weighted by Gasteiger charge is -2.17. The maximum atomic E-state index is 11.2. The third kappa shape index (κ3) is 3.05. The van der Waals surface area contributed by atoms with Gasteiger partial charge < -0.3 is 9.64 Å². The number of methoxy groups -OCH3 is 1. The number of rotatable bonds is 3. The molecule has 3 nitrogen and oxygen atoms in total. The third-order valence-corrected chi connectivity index (χ3v) is 3.38. The minimum Gasteiger partial charge on any atom is -0.497 e. The largest absolute Gasteiger partial charge is 0.497 e. The second-order valence-electron chi connectivity index (χ2n) is 4.67. The number of hydrogen-bond donors (Lipinski definition) is 0. The summed E-state index contributed by atoms with van der Waals surface area (Å²) in [5.74, 6) is 0.924. The second-order valence-corrected chi connectivity index (χ2v) is 4.67. The third-order valence-electron chi connectivity index (χ3n) is 3.38. The van der Waals surface area contributed by atoms with Gasteiger partial charge in [0.25, 0.3) is 0 Å². The van der Waals surface area contributed by atoms with Gasteiger partial charge in [-0.2, -0.15) is 0 Å². The lowest BCUT2D eigenvalue weighted by Crippen LogP contribution is -2.16. The first-order valence-corrected chi connectivity index (χ1v) is 6.41. The first kappa shape index (κ1) is 13.4. The summed E-state index contributed by atoms with van der Waals surface area (Å²) in [6.45, 7) is 1.55. The summed E-state index contributed by atoms with van der Waals surface area (Å²) in [6.07, 6.45) is 8.06. The van der Waals surface area contributed by atoms with Crippen molar-refractivity contribution in [1.82, 2.24) is 4.90 Å². The van der Waals surface area contributed by atoms with E-state index in [2.05, 4.69) is 18.2 Å². The number of amides is 1. The number of aryl methyl sites for hydroxylation is 1. The molecule has 0 saturated heterocycles. The van der Waals surface area contributed by atoms with Crippen molar-refractivity contribution in [1.29, 1.82) is 0 Å². The van der Waals surface area contributed by atoms with E-state index in [1.54, 1.807) is 26.0 Å². The van der Waals surface area contributed by atoms with E-state index in [1.807, 2.05) is 18.3 Å². The van der Waals surface area contributed by atoms with Gasteiger partial charge in [-0.25, -0.2) is 0 Å². The van der Waals surface area contributed by atoms with Crippen LogP contribution in [0.2, 0.25) is 0 Å². The van der Waals surface area contributed by atoms with Crippen LogP contribution in [0.3, 0.4) is 0 Å². The summed E-state index contributed by atoms with van der Waals surface area (Å²) < 4.78 is 5.25. The van der Waals surface area contributed by atoms with E-state index >= 15 is 0 Å². The molecule has 1 aromatic rings. The zero-order valence-electron chi connectivity index (χ0n) is 11.6. The standard InChI is InChI=1S/C16H19NO2/c1-12(18)17(2)10-9-13-5-4-6-14-11-15(19-3)7-8-16(13)14/h5,7-11H,4,6H2,1-3H3/b10-9+. The van der Waals surface area contributed by atoms with Gasteiger partial charge in [0.05, 0.1) is 7.11 Å². The summed E-state index contributed by atoms with van der Waals surface area (Å²) in [5, 5.41) is 0. The SMILES string of the molecule is COc1ccc2c(c1)CCC=C2/C=C/N(C)C(C)=O. The summed E-state index contributed by atoms with van der Waals surface area (Å²) in [5.41, 5.74) is 3.68. The Balaban J connectivity index is 2.26. The van der Waals surface area contributed by atoms with Crippen molar-refractivity contribution in [3.05, 3.63) is 47.7 Å². The van der Waals surface area contributed by atoms with E-state index in [0.29, 0.717) is 0 Å². The van der Waals surface area contributed by atoms with Gasteiger partial charge in [0.1, 0.15) is 5.75 Å². The normalized spacial score (nSPS) is 13.9. The molecule has 2 rings (SSSR count). The van der Waals surface area contributed by atoms with Gasteiger partial charge in [0, 0.05) is 20.2 Å². The fourth-order valence-electron chi connectivity index (χ4n) is 2.13. The molecule has 0 saturated carbocycles. The molecule has 19 heavy (non-hydrogen) atoms. The Bertz CT molecular complexity index is 544. The molecule has 0 radical (unpaired) electrons. The molecule has 1 aliphatic rings. The van der Waals surface area contributed by atoms with Crippen LogP contribution in [0.1, 0.15) is 24.5 Å². The van der Waals surface area contributed by atoms with Gasteiger partial charge in [-0.05, 0) is 47.8 Å². The molecule has 0 aliphatic heterocycles. The highest BCUT2D eigenvalue weighted by Gasteiger charge is 2.11. The van der Waals surface area contributed by atoms with E-state index in [9.17, 15) is 4.79 Å². The Morgan fingerprint density at radius 2 is 2.21 bits per heavy atom. The summed E-state index contributed by atoms with van der Waals surface area (Å²) >= 11 is 0. The van der Waals surface area contributed by atoms with Gasteiger partial charge in [-0.3, -0.25) is 4.79 Å². The maximum Gasteiger partial charge on any atom is 0.223 e. The average Bonchev–Trinajstić information content (AvgIpc) is 2.43. The van der Waals surface area contributed by atoms with E-state index < -0.39 is 0 Å². The Morgan fingerprint density at radius 3 is 2.89 bits per heavy atom. The molecular weight excluding hydrogens is 238 g/mol. The number of nitrogens with zero attached hydrogens (tertiary/aromatic N) is 1. The number of ether oxygens (including phenoxy) is 1. The Labute approximate surface area is 114 Å². The van der Waals surface area contributed by atoms with Crippen molar-refractivity contribution in [3.8, 4) is 5.75 Å². The number of hydrogen-bond acceptors (Lipinski definition) is 2. The van der Waals surface area contributed by atoms with Crippen LogP contribution < -0.4 is 4.74 Å². The van der Waals surface area contributed by atoms with Gasteiger partial charge in [-0.15, -0.1) is 0 Å². The van der Waals surface area contributed by atoms with Crippen LogP contribution >= 0.6 is 0 Å². The van der Waals surface area contributed by atoms with E-state index in [-0.39, 0.29) is 5.91 Å². The molecule has 0 heterocycles. The molecule has 0 fully saturated rings. The quantitative estimate of drug-likeness (QED) is 0.833. The molecule has 0 bridgehead atoms. The lowest BCUT2D eigenvalue weighted by molar-refractivity contribution is -0.125. The minimum absolute atomic E-state index is 0.0302. The number of carbonyl (C=O) groups excluding carboxylic acids is 1. The molecule has 1 aliphatic carbocycles. The van der Waals surface area contributed by atoms with E-state index in [0.717, 1.165) is 24.2 Å². The van der Waals surface area contributed by atoms with Crippen molar-refractivity contribution in [2.24, 2.45) is 0 Å². The van der Waals surface area contributed by atoms with Gasteiger partial charge in [0.2, 0.25) is 5.91 Å². The highest BCUT2D eigenvalue weighted by atomic mass is 16.5. The van der Waals surface area contributed by atoms with E-state index in [4.69, 9.17) is 4.74 Å². The van der Waals surface area contributed by atoms with Crippen LogP contribution in [0.5, 0.6) is 5.75 Å². The molecule has 0 unspecified atom stereocenters. The zero-order chi connectivity index (χ0) is 13.8. The van der Waals surface area contributed by atoms with Crippen molar-refractivity contribution >= 4 is 11.5 Å². The molecule has 1 aromatic carbocycles. The van der Waals surface area contributed by atoms with Crippen LogP contribution in [0.15, 0.2) is 36.6 Å². The van der Waals surface area contributed by atoms with Crippen molar-refractivity contribution in [3.63, 3.8) is 0 Å². The minimum atomic E-state index is 0.0302. The lowest BCUT2D eigenvalue weighted by atomic mass is 9.90. The molecule has 3 heteroatoms. The molecule has 0 aromatic heterocycles. The maximum absolute atomic E-state index is 11.2. The van der Waals surface area contributed by atoms with Crippen molar-refractivity contribution in [2.45, 2.75) is 19.8 Å². The Kier molecular flexibility index (Phi) is 4.05. The Morgan fingerprint density at radius 1 is 1.42 bits per heavy atom. The highest BCUT2D eigenvalue weighted by molar-refractivity contribution is 5.79. The van der Waals surface area contributed by atoms with Crippen LogP contribution in [0, 0.1) is 0 Å².